The standard InChI is InChI=1S/C23H27N5O3S/c1-23(31-2)6-9-27(10-7-23)16-3-4-20-19(11-16)18(5-8-25-20)22(30)26-13-21(29)28-15-32-14-17(28)12-24/h3-5,8,11,17H,6-7,9-10,13-15H2,1-2H3,(H,26,30)/t17-/m1/s1. The minimum Gasteiger partial charge on any atom is -0.378 e. The average molecular weight is 454 g/mol. The molecule has 0 aliphatic carbocycles. The van der Waals surface area contributed by atoms with Crippen LogP contribution in [-0.2, 0) is 9.53 Å². The molecular weight excluding hydrogens is 426 g/mol. The van der Waals surface area contributed by atoms with Gasteiger partial charge in [-0.2, -0.15) is 5.26 Å². The predicted octanol–water partition coefficient (Wildman–Crippen LogP) is 2.39. The van der Waals surface area contributed by atoms with Gasteiger partial charge in [-0.05, 0) is 44.0 Å². The maximum atomic E-state index is 12.9. The van der Waals surface area contributed by atoms with Crippen molar-refractivity contribution in [3.05, 3.63) is 36.0 Å². The number of rotatable bonds is 5. The number of methoxy groups -OCH3 is 1. The molecule has 2 aromatic rings. The molecule has 1 aromatic heterocycles. The van der Waals surface area contributed by atoms with Gasteiger partial charge in [-0.3, -0.25) is 14.6 Å². The number of nitriles is 1. The number of fused-ring (bicyclic) bond motifs is 1. The van der Waals surface area contributed by atoms with Crippen LogP contribution >= 0.6 is 11.8 Å². The maximum absolute atomic E-state index is 12.9. The van der Waals surface area contributed by atoms with Crippen LogP contribution in [-0.4, -0.2) is 71.7 Å². The summed E-state index contributed by atoms with van der Waals surface area (Å²) in [5.41, 5.74) is 2.16. The molecule has 9 heteroatoms. The quantitative estimate of drug-likeness (QED) is 0.742. The highest BCUT2D eigenvalue weighted by atomic mass is 32.2. The number of amides is 2. The van der Waals surface area contributed by atoms with Crippen molar-refractivity contribution in [1.29, 1.82) is 5.26 Å². The first-order valence-corrected chi connectivity index (χ1v) is 11.8. The highest BCUT2D eigenvalue weighted by Crippen LogP contribution is 2.30. The SMILES string of the molecule is COC1(C)CCN(c2ccc3nccc(C(=O)NCC(=O)N4CSC[C@H]4C#N)c3c2)CC1. The number of pyridine rings is 1. The zero-order chi connectivity index (χ0) is 22.7. The van der Waals surface area contributed by atoms with E-state index in [1.807, 2.05) is 18.2 Å². The Balaban J connectivity index is 1.49. The molecule has 0 radical (unpaired) electrons. The molecule has 1 atom stereocenters. The van der Waals surface area contributed by atoms with Crippen molar-refractivity contribution in [1.82, 2.24) is 15.2 Å². The lowest BCUT2D eigenvalue weighted by Crippen LogP contribution is -2.43. The van der Waals surface area contributed by atoms with Gasteiger partial charge in [0.2, 0.25) is 5.91 Å². The summed E-state index contributed by atoms with van der Waals surface area (Å²) in [6, 6.07) is 9.33. The van der Waals surface area contributed by atoms with Gasteiger partial charge in [-0.1, -0.05) is 0 Å². The summed E-state index contributed by atoms with van der Waals surface area (Å²) in [6.07, 6.45) is 3.47. The first-order valence-electron chi connectivity index (χ1n) is 10.7. The number of hydrogen-bond donors (Lipinski definition) is 1. The van der Waals surface area contributed by atoms with Gasteiger partial charge in [0.1, 0.15) is 6.04 Å². The van der Waals surface area contributed by atoms with E-state index in [1.54, 1.807) is 31.1 Å². The van der Waals surface area contributed by atoms with Crippen molar-refractivity contribution in [2.45, 2.75) is 31.4 Å². The number of aromatic nitrogens is 1. The topological polar surface area (TPSA) is 98.6 Å². The van der Waals surface area contributed by atoms with Gasteiger partial charge in [0.25, 0.3) is 5.91 Å². The predicted molar refractivity (Wildman–Crippen MR) is 125 cm³/mol. The molecule has 2 aliphatic heterocycles. The van der Waals surface area contributed by atoms with E-state index >= 15 is 0 Å². The Hall–Kier alpha value is -2.83. The third-order valence-electron chi connectivity index (χ3n) is 6.40. The number of hydrogen-bond acceptors (Lipinski definition) is 7. The van der Waals surface area contributed by atoms with E-state index in [0.717, 1.165) is 42.5 Å². The van der Waals surface area contributed by atoms with Crippen molar-refractivity contribution < 1.29 is 14.3 Å². The fraction of sp³-hybridized carbons (Fsp3) is 0.478. The zero-order valence-electron chi connectivity index (χ0n) is 18.3. The largest absolute Gasteiger partial charge is 0.378 e. The van der Waals surface area contributed by atoms with Crippen LogP contribution in [0.2, 0.25) is 0 Å². The van der Waals surface area contributed by atoms with Gasteiger partial charge in [0.05, 0.1) is 35.2 Å². The first kappa shape index (κ1) is 22.4. The van der Waals surface area contributed by atoms with E-state index in [-0.39, 0.29) is 24.0 Å². The number of benzene rings is 1. The van der Waals surface area contributed by atoms with Crippen molar-refractivity contribution in [2.24, 2.45) is 0 Å². The third-order valence-corrected chi connectivity index (χ3v) is 7.41. The van der Waals surface area contributed by atoms with Gasteiger partial charge < -0.3 is 19.9 Å². The number of ether oxygens (including phenoxy) is 1. The second kappa shape index (κ2) is 9.35. The molecular formula is C23H27N5O3S. The highest BCUT2D eigenvalue weighted by Gasteiger charge is 2.30. The molecule has 32 heavy (non-hydrogen) atoms. The zero-order valence-corrected chi connectivity index (χ0v) is 19.2. The van der Waals surface area contributed by atoms with E-state index in [0.29, 0.717) is 17.2 Å². The monoisotopic (exact) mass is 453 g/mol. The molecule has 0 spiro atoms. The molecule has 0 saturated carbocycles. The van der Waals surface area contributed by atoms with Crippen LogP contribution in [0.1, 0.15) is 30.1 Å². The number of nitrogens with zero attached hydrogens (tertiary/aromatic N) is 4. The van der Waals surface area contributed by atoms with Crippen LogP contribution in [0, 0.1) is 11.3 Å². The minimum absolute atomic E-state index is 0.0924. The Morgan fingerprint density at radius 3 is 2.84 bits per heavy atom. The molecule has 2 aliphatic rings. The van der Waals surface area contributed by atoms with Crippen molar-refractivity contribution in [3.8, 4) is 6.07 Å². The summed E-state index contributed by atoms with van der Waals surface area (Å²) in [5.74, 6) is 0.512. The summed E-state index contributed by atoms with van der Waals surface area (Å²) in [4.78, 5) is 33.6. The number of thioether (sulfide) groups is 1. The van der Waals surface area contributed by atoms with Crippen LogP contribution in [0.3, 0.4) is 0 Å². The molecule has 2 saturated heterocycles. The van der Waals surface area contributed by atoms with Gasteiger partial charge in [-0.25, -0.2) is 0 Å². The molecule has 0 bridgehead atoms. The lowest BCUT2D eigenvalue weighted by Gasteiger charge is -2.39. The van der Waals surface area contributed by atoms with Crippen LogP contribution in [0.25, 0.3) is 10.9 Å². The van der Waals surface area contributed by atoms with E-state index < -0.39 is 6.04 Å². The Morgan fingerprint density at radius 1 is 1.34 bits per heavy atom. The van der Waals surface area contributed by atoms with Gasteiger partial charge >= 0.3 is 0 Å². The third kappa shape index (κ3) is 4.52. The van der Waals surface area contributed by atoms with E-state index in [4.69, 9.17) is 4.74 Å². The summed E-state index contributed by atoms with van der Waals surface area (Å²) in [5, 5.41) is 12.6. The fourth-order valence-electron chi connectivity index (χ4n) is 4.12. The molecule has 3 heterocycles. The fourth-order valence-corrected chi connectivity index (χ4v) is 5.22. The van der Waals surface area contributed by atoms with Crippen molar-refractivity contribution >= 4 is 40.2 Å². The molecule has 4 rings (SSSR count). The molecule has 1 N–H and O–H groups in total. The maximum Gasteiger partial charge on any atom is 0.252 e. The lowest BCUT2D eigenvalue weighted by atomic mass is 9.93. The molecule has 168 valence electrons. The summed E-state index contributed by atoms with van der Waals surface area (Å²) < 4.78 is 5.64. The van der Waals surface area contributed by atoms with E-state index in [9.17, 15) is 14.9 Å². The number of carbonyl (C=O) groups excluding carboxylic acids is 2. The van der Waals surface area contributed by atoms with Crippen molar-refractivity contribution in [2.75, 3.05) is 43.3 Å². The number of nitrogens with one attached hydrogen (secondary N) is 1. The average Bonchev–Trinajstić information content (AvgIpc) is 3.31. The molecule has 2 fully saturated rings. The van der Waals surface area contributed by atoms with Gasteiger partial charge in [-0.15, -0.1) is 11.8 Å². The summed E-state index contributed by atoms with van der Waals surface area (Å²) in [7, 11) is 1.76. The minimum atomic E-state index is -0.432. The summed E-state index contributed by atoms with van der Waals surface area (Å²) in [6.45, 7) is 3.75. The smallest absolute Gasteiger partial charge is 0.252 e. The Kier molecular flexibility index (Phi) is 6.53. The molecule has 1 aromatic carbocycles. The molecule has 0 unspecified atom stereocenters. The molecule has 2 amide bonds. The van der Waals surface area contributed by atoms with Crippen LogP contribution in [0.4, 0.5) is 5.69 Å². The first-order chi connectivity index (χ1) is 15.4. The van der Waals surface area contributed by atoms with E-state index in [1.165, 1.54) is 4.90 Å². The number of carbonyl (C=O) groups is 2. The van der Waals surface area contributed by atoms with Crippen LogP contribution < -0.4 is 10.2 Å². The molecule has 8 nitrogen and oxygen atoms in total. The second-order valence-corrected chi connectivity index (χ2v) is 9.39. The van der Waals surface area contributed by atoms with Crippen molar-refractivity contribution in [3.63, 3.8) is 0 Å². The summed E-state index contributed by atoms with van der Waals surface area (Å²) >= 11 is 1.54. The Bertz CT molecular complexity index is 1060. The van der Waals surface area contributed by atoms with E-state index in [2.05, 4.69) is 28.2 Å². The van der Waals surface area contributed by atoms with Crippen LogP contribution in [0.5, 0.6) is 0 Å². The normalized spacial score (nSPS) is 20.2. The van der Waals surface area contributed by atoms with Crippen LogP contribution in [0.15, 0.2) is 30.5 Å². The second-order valence-electron chi connectivity index (χ2n) is 8.39. The lowest BCUT2D eigenvalue weighted by molar-refractivity contribution is -0.129. The Morgan fingerprint density at radius 2 is 2.12 bits per heavy atom. The highest BCUT2D eigenvalue weighted by molar-refractivity contribution is 7.99. The van der Waals surface area contributed by atoms with Gasteiger partial charge in [0.15, 0.2) is 0 Å². The van der Waals surface area contributed by atoms with Gasteiger partial charge in [0, 0.05) is 43.2 Å². The number of anilines is 1. The Labute approximate surface area is 191 Å². The number of piperidine rings is 1.